The van der Waals surface area contributed by atoms with Gasteiger partial charge in [0.15, 0.2) is 0 Å². The summed E-state index contributed by atoms with van der Waals surface area (Å²) in [6.07, 6.45) is 0. The first-order chi connectivity index (χ1) is 9.36. The van der Waals surface area contributed by atoms with Crippen molar-refractivity contribution in [3.8, 4) is 5.75 Å². The number of benzene rings is 1. The fourth-order valence-corrected chi connectivity index (χ4v) is 2.75. The third-order valence-corrected chi connectivity index (χ3v) is 3.97. The molecular weight excluding hydrogens is 260 g/mol. The average Bonchev–Trinajstić information content (AvgIpc) is 2.77. The van der Waals surface area contributed by atoms with E-state index < -0.39 is 0 Å². The van der Waals surface area contributed by atoms with Crippen molar-refractivity contribution in [2.75, 3.05) is 25.5 Å². The molecule has 2 heterocycles. The summed E-state index contributed by atoms with van der Waals surface area (Å²) < 4.78 is 9.76. The SMILES string of the molecule is CNc1snnc1CN1CCOc2ccccc2C1. The van der Waals surface area contributed by atoms with Crippen molar-refractivity contribution >= 4 is 16.5 Å². The summed E-state index contributed by atoms with van der Waals surface area (Å²) in [5, 5.41) is 8.37. The molecule has 5 nitrogen and oxygen atoms in total. The number of rotatable bonds is 3. The molecule has 6 heteroatoms. The molecule has 1 aliphatic rings. The first-order valence-electron chi connectivity index (χ1n) is 6.29. The van der Waals surface area contributed by atoms with E-state index >= 15 is 0 Å². The highest BCUT2D eigenvalue weighted by atomic mass is 32.1. The van der Waals surface area contributed by atoms with Crippen LogP contribution in [0.3, 0.4) is 0 Å². The van der Waals surface area contributed by atoms with Crippen LogP contribution in [0, 0.1) is 0 Å². The zero-order chi connectivity index (χ0) is 13.1. The molecule has 100 valence electrons. The van der Waals surface area contributed by atoms with Crippen LogP contribution in [-0.2, 0) is 13.1 Å². The first-order valence-corrected chi connectivity index (χ1v) is 7.06. The number of aromatic nitrogens is 2. The van der Waals surface area contributed by atoms with Gasteiger partial charge in [-0.25, -0.2) is 0 Å². The molecule has 0 fully saturated rings. The quantitative estimate of drug-likeness (QED) is 0.929. The van der Waals surface area contributed by atoms with Crippen LogP contribution in [-0.4, -0.2) is 34.7 Å². The van der Waals surface area contributed by atoms with E-state index in [1.165, 1.54) is 17.1 Å². The van der Waals surface area contributed by atoms with Gasteiger partial charge < -0.3 is 10.1 Å². The molecule has 0 aliphatic carbocycles. The molecule has 3 rings (SSSR count). The van der Waals surface area contributed by atoms with Gasteiger partial charge in [-0.3, -0.25) is 4.90 Å². The van der Waals surface area contributed by atoms with Gasteiger partial charge in [0.25, 0.3) is 0 Å². The lowest BCUT2D eigenvalue weighted by Crippen LogP contribution is -2.25. The summed E-state index contributed by atoms with van der Waals surface area (Å²) in [4.78, 5) is 2.34. The maximum absolute atomic E-state index is 5.76. The van der Waals surface area contributed by atoms with E-state index in [2.05, 4.69) is 31.9 Å². The van der Waals surface area contributed by atoms with Gasteiger partial charge in [-0.1, -0.05) is 22.7 Å². The Morgan fingerprint density at radius 3 is 3.21 bits per heavy atom. The maximum Gasteiger partial charge on any atom is 0.134 e. The predicted molar refractivity (Wildman–Crippen MR) is 75.5 cm³/mol. The Bertz CT molecular complexity index is 557. The standard InChI is InChI=1S/C13H16N4OS/c1-14-13-11(15-16-19-13)9-17-6-7-18-12-5-3-2-4-10(12)8-17/h2-5,14H,6-9H2,1H3. The highest BCUT2D eigenvalue weighted by Gasteiger charge is 2.17. The molecule has 1 aromatic heterocycles. The Labute approximate surface area is 116 Å². The molecule has 0 atom stereocenters. The highest BCUT2D eigenvalue weighted by molar-refractivity contribution is 7.10. The monoisotopic (exact) mass is 276 g/mol. The van der Waals surface area contributed by atoms with Crippen molar-refractivity contribution < 1.29 is 4.74 Å². The molecule has 0 radical (unpaired) electrons. The minimum absolute atomic E-state index is 0.712. The normalized spacial score (nSPS) is 15.4. The van der Waals surface area contributed by atoms with Crippen molar-refractivity contribution in [3.05, 3.63) is 35.5 Å². The third kappa shape index (κ3) is 2.69. The zero-order valence-corrected chi connectivity index (χ0v) is 11.6. The fourth-order valence-electron chi connectivity index (χ4n) is 2.23. The summed E-state index contributed by atoms with van der Waals surface area (Å²) >= 11 is 1.40. The lowest BCUT2D eigenvalue weighted by molar-refractivity contribution is 0.218. The van der Waals surface area contributed by atoms with Crippen LogP contribution < -0.4 is 10.1 Å². The zero-order valence-electron chi connectivity index (χ0n) is 10.8. The Hall–Kier alpha value is -1.66. The molecule has 2 aromatic rings. The first kappa shape index (κ1) is 12.4. The van der Waals surface area contributed by atoms with Crippen LogP contribution in [0.2, 0.25) is 0 Å². The van der Waals surface area contributed by atoms with Gasteiger partial charge in [-0.05, 0) is 6.07 Å². The molecule has 1 aromatic carbocycles. The number of para-hydroxylation sites is 1. The van der Waals surface area contributed by atoms with Crippen LogP contribution in [0.4, 0.5) is 5.00 Å². The summed E-state index contributed by atoms with van der Waals surface area (Å²) in [5.74, 6) is 0.996. The topological polar surface area (TPSA) is 50.3 Å². The van der Waals surface area contributed by atoms with Crippen molar-refractivity contribution in [3.63, 3.8) is 0 Å². The van der Waals surface area contributed by atoms with E-state index in [1.807, 2.05) is 19.2 Å². The van der Waals surface area contributed by atoms with Crippen LogP contribution in [0.1, 0.15) is 11.3 Å². The molecular formula is C13H16N4OS. The Kier molecular flexibility index (Phi) is 3.61. The number of anilines is 1. The Morgan fingerprint density at radius 2 is 2.32 bits per heavy atom. The van der Waals surface area contributed by atoms with Crippen molar-refractivity contribution in [1.29, 1.82) is 0 Å². The molecule has 0 bridgehead atoms. The Morgan fingerprint density at radius 1 is 1.42 bits per heavy atom. The minimum Gasteiger partial charge on any atom is -0.492 e. The van der Waals surface area contributed by atoms with E-state index in [0.717, 1.165) is 36.1 Å². The molecule has 0 amide bonds. The van der Waals surface area contributed by atoms with Gasteiger partial charge in [0.1, 0.15) is 23.1 Å². The highest BCUT2D eigenvalue weighted by Crippen LogP contribution is 2.25. The van der Waals surface area contributed by atoms with Crippen LogP contribution in [0.15, 0.2) is 24.3 Å². The lowest BCUT2D eigenvalue weighted by Gasteiger charge is -2.18. The van der Waals surface area contributed by atoms with Gasteiger partial charge in [0.05, 0.1) is 0 Å². The number of nitrogens with one attached hydrogen (secondary N) is 1. The van der Waals surface area contributed by atoms with Crippen molar-refractivity contribution in [1.82, 2.24) is 14.5 Å². The molecule has 1 N–H and O–H groups in total. The third-order valence-electron chi connectivity index (χ3n) is 3.19. The summed E-state index contributed by atoms with van der Waals surface area (Å²) in [6, 6.07) is 8.21. The number of nitrogens with zero attached hydrogens (tertiary/aromatic N) is 3. The van der Waals surface area contributed by atoms with E-state index in [9.17, 15) is 0 Å². The number of hydrogen-bond acceptors (Lipinski definition) is 6. The van der Waals surface area contributed by atoms with E-state index in [0.29, 0.717) is 6.61 Å². The smallest absolute Gasteiger partial charge is 0.134 e. The van der Waals surface area contributed by atoms with E-state index in [1.54, 1.807) is 0 Å². The lowest BCUT2D eigenvalue weighted by atomic mass is 10.2. The average molecular weight is 276 g/mol. The second kappa shape index (κ2) is 5.54. The number of fused-ring (bicyclic) bond motifs is 1. The van der Waals surface area contributed by atoms with Crippen LogP contribution in [0.25, 0.3) is 0 Å². The van der Waals surface area contributed by atoms with Crippen LogP contribution in [0.5, 0.6) is 5.75 Å². The maximum atomic E-state index is 5.76. The largest absolute Gasteiger partial charge is 0.492 e. The second-order valence-electron chi connectivity index (χ2n) is 4.47. The van der Waals surface area contributed by atoms with Gasteiger partial charge in [-0.2, -0.15) is 0 Å². The van der Waals surface area contributed by atoms with E-state index in [4.69, 9.17) is 4.74 Å². The molecule has 1 aliphatic heterocycles. The second-order valence-corrected chi connectivity index (χ2v) is 5.22. The van der Waals surface area contributed by atoms with E-state index in [-0.39, 0.29) is 0 Å². The molecule has 0 saturated carbocycles. The molecule has 0 saturated heterocycles. The molecule has 0 spiro atoms. The summed E-state index contributed by atoms with van der Waals surface area (Å²) in [5.41, 5.74) is 2.24. The van der Waals surface area contributed by atoms with Gasteiger partial charge in [0.2, 0.25) is 0 Å². The van der Waals surface area contributed by atoms with Gasteiger partial charge in [-0.15, -0.1) is 5.10 Å². The predicted octanol–water partition coefficient (Wildman–Crippen LogP) is 1.97. The van der Waals surface area contributed by atoms with Gasteiger partial charge >= 0.3 is 0 Å². The van der Waals surface area contributed by atoms with Crippen molar-refractivity contribution in [2.24, 2.45) is 0 Å². The summed E-state index contributed by atoms with van der Waals surface area (Å²) in [6.45, 7) is 3.29. The van der Waals surface area contributed by atoms with Crippen molar-refractivity contribution in [2.45, 2.75) is 13.1 Å². The number of hydrogen-bond donors (Lipinski definition) is 1. The Balaban J connectivity index is 1.76. The molecule has 0 unspecified atom stereocenters. The fraction of sp³-hybridized carbons (Fsp3) is 0.385. The minimum atomic E-state index is 0.712. The van der Waals surface area contributed by atoms with Gasteiger partial charge in [0, 0.05) is 43.8 Å². The number of ether oxygens (including phenoxy) is 1. The summed E-state index contributed by atoms with van der Waals surface area (Å²) in [7, 11) is 1.90. The van der Waals surface area contributed by atoms with Crippen LogP contribution >= 0.6 is 11.5 Å². The molecule has 19 heavy (non-hydrogen) atoms.